The topological polar surface area (TPSA) is 26.0 Å². The minimum absolute atomic E-state index is 0.843. The highest BCUT2D eigenvalue weighted by Gasteiger charge is 2.07. The van der Waals surface area contributed by atoms with Crippen LogP contribution in [0, 0.1) is 3.57 Å². The van der Waals surface area contributed by atoms with E-state index >= 15 is 0 Å². The minimum Gasteiger partial charge on any atom is -0.398 e. The first-order valence-electron chi connectivity index (χ1n) is 3.35. The maximum absolute atomic E-state index is 5.81. The van der Waals surface area contributed by atoms with Gasteiger partial charge in [-0.05, 0) is 28.7 Å². The highest BCUT2D eigenvalue weighted by Crippen LogP contribution is 2.37. The van der Waals surface area contributed by atoms with Gasteiger partial charge in [0.15, 0.2) is 0 Å². The number of thiol groups is 1. The second kappa shape index (κ2) is 3.08. The van der Waals surface area contributed by atoms with Crippen molar-refractivity contribution in [2.24, 2.45) is 0 Å². The van der Waals surface area contributed by atoms with Gasteiger partial charge in [-0.2, -0.15) is 0 Å². The van der Waals surface area contributed by atoms with E-state index in [4.69, 9.17) is 5.73 Å². The summed E-state index contributed by atoms with van der Waals surface area (Å²) in [6.45, 7) is 0. The van der Waals surface area contributed by atoms with Crippen LogP contribution < -0.4 is 5.73 Å². The second-order valence-corrected chi connectivity index (χ2v) is 5.29. The number of anilines is 1. The van der Waals surface area contributed by atoms with Crippen LogP contribution in [0.25, 0.3) is 10.1 Å². The first-order valence-corrected chi connectivity index (χ1v) is 5.70. The molecule has 0 amide bonds. The molecule has 0 saturated heterocycles. The van der Waals surface area contributed by atoms with Crippen LogP contribution in [0.2, 0.25) is 0 Å². The fourth-order valence-electron chi connectivity index (χ4n) is 1.10. The zero-order valence-corrected chi connectivity index (χ0v) is 9.91. The molecule has 1 nitrogen and oxygen atoms in total. The Labute approximate surface area is 93.5 Å². The van der Waals surface area contributed by atoms with Crippen molar-refractivity contribution in [3.63, 3.8) is 0 Å². The van der Waals surface area contributed by atoms with Crippen molar-refractivity contribution in [1.29, 1.82) is 0 Å². The van der Waals surface area contributed by atoms with Crippen LogP contribution >= 0.6 is 46.6 Å². The highest BCUT2D eigenvalue weighted by molar-refractivity contribution is 14.1. The summed E-state index contributed by atoms with van der Waals surface area (Å²) >= 11 is 8.29. The lowest BCUT2D eigenvalue weighted by Crippen LogP contribution is -1.82. The monoisotopic (exact) mass is 307 g/mol. The summed E-state index contributed by atoms with van der Waals surface area (Å²) in [5.74, 6) is 0. The van der Waals surface area contributed by atoms with Gasteiger partial charge in [0.1, 0.15) is 0 Å². The molecule has 62 valence electrons. The third kappa shape index (κ3) is 1.22. The molecule has 0 aliphatic rings. The largest absolute Gasteiger partial charge is 0.398 e. The van der Waals surface area contributed by atoms with Crippen molar-refractivity contribution in [2.45, 2.75) is 4.21 Å². The molecular weight excluding hydrogens is 301 g/mol. The van der Waals surface area contributed by atoms with Crippen LogP contribution in [0.4, 0.5) is 5.69 Å². The van der Waals surface area contributed by atoms with Crippen LogP contribution in [0.5, 0.6) is 0 Å². The fourth-order valence-corrected chi connectivity index (χ4v) is 3.31. The molecule has 2 rings (SSSR count). The van der Waals surface area contributed by atoms with Crippen LogP contribution in [0.3, 0.4) is 0 Å². The molecule has 2 N–H and O–H groups in total. The van der Waals surface area contributed by atoms with Gasteiger partial charge >= 0.3 is 0 Å². The van der Waals surface area contributed by atoms with Gasteiger partial charge in [0.05, 0.1) is 8.91 Å². The molecule has 0 fully saturated rings. The van der Waals surface area contributed by atoms with Crippen molar-refractivity contribution in [3.05, 3.63) is 21.8 Å². The Kier molecular flexibility index (Phi) is 2.22. The molecule has 2 aromatic rings. The molecule has 0 spiro atoms. The van der Waals surface area contributed by atoms with Crippen LogP contribution in [-0.2, 0) is 0 Å². The first kappa shape index (κ1) is 8.65. The van der Waals surface area contributed by atoms with Gasteiger partial charge in [-0.1, -0.05) is 12.1 Å². The molecular formula is C8H6INS2. The van der Waals surface area contributed by atoms with E-state index in [2.05, 4.69) is 41.3 Å². The van der Waals surface area contributed by atoms with Crippen molar-refractivity contribution >= 4 is 62.3 Å². The van der Waals surface area contributed by atoms with Crippen molar-refractivity contribution in [3.8, 4) is 0 Å². The molecule has 0 atom stereocenters. The third-order valence-corrected chi connectivity index (χ3v) is 5.14. The van der Waals surface area contributed by atoms with E-state index < -0.39 is 0 Å². The smallest absolute Gasteiger partial charge is 0.0715 e. The lowest BCUT2D eigenvalue weighted by molar-refractivity contribution is 1.68. The van der Waals surface area contributed by atoms with E-state index in [1.54, 1.807) is 11.3 Å². The van der Waals surface area contributed by atoms with Gasteiger partial charge in [-0.25, -0.2) is 0 Å². The predicted molar refractivity (Wildman–Crippen MR) is 66.2 cm³/mol. The lowest BCUT2D eigenvalue weighted by Gasteiger charge is -1.93. The summed E-state index contributed by atoms with van der Waals surface area (Å²) in [6, 6.07) is 5.96. The highest BCUT2D eigenvalue weighted by atomic mass is 127. The quantitative estimate of drug-likeness (QED) is 0.435. The number of hydrogen-bond acceptors (Lipinski definition) is 3. The molecule has 4 heteroatoms. The third-order valence-electron chi connectivity index (χ3n) is 1.67. The number of rotatable bonds is 0. The summed E-state index contributed by atoms with van der Waals surface area (Å²) in [7, 11) is 0. The zero-order chi connectivity index (χ0) is 8.72. The summed E-state index contributed by atoms with van der Waals surface area (Å²) in [5.41, 5.74) is 6.65. The van der Waals surface area contributed by atoms with Gasteiger partial charge < -0.3 is 5.73 Å². The van der Waals surface area contributed by atoms with E-state index in [-0.39, 0.29) is 0 Å². The van der Waals surface area contributed by atoms with E-state index in [1.807, 2.05) is 12.1 Å². The number of halogens is 1. The molecule has 1 aromatic carbocycles. The number of benzene rings is 1. The standard InChI is InChI=1S/C8H6INS2/c9-6-4-2-1-3-5(10)7(4)12-8(6)11/h1-3,11H,10H2. The molecule has 0 aliphatic carbocycles. The summed E-state index contributed by atoms with van der Waals surface area (Å²) in [6.07, 6.45) is 0. The molecule has 1 aromatic heterocycles. The van der Waals surface area contributed by atoms with Gasteiger partial charge in [0, 0.05) is 14.6 Å². The van der Waals surface area contributed by atoms with Crippen molar-refractivity contribution in [1.82, 2.24) is 0 Å². The Morgan fingerprint density at radius 1 is 1.42 bits per heavy atom. The lowest BCUT2D eigenvalue weighted by atomic mass is 10.2. The molecule has 0 unspecified atom stereocenters. The molecule has 0 saturated carbocycles. The minimum atomic E-state index is 0.843. The number of nitrogens with two attached hydrogens (primary N) is 1. The molecule has 0 bridgehead atoms. The molecule has 0 radical (unpaired) electrons. The fraction of sp³-hybridized carbons (Fsp3) is 0. The Morgan fingerprint density at radius 2 is 2.17 bits per heavy atom. The molecule has 1 heterocycles. The van der Waals surface area contributed by atoms with Gasteiger partial charge in [0.25, 0.3) is 0 Å². The van der Waals surface area contributed by atoms with E-state index in [0.29, 0.717) is 0 Å². The SMILES string of the molecule is Nc1cccc2c(I)c(S)sc12. The Bertz CT molecular complexity index is 436. The zero-order valence-electron chi connectivity index (χ0n) is 6.04. The summed E-state index contributed by atoms with van der Waals surface area (Å²) in [5, 5.41) is 1.21. The Morgan fingerprint density at radius 3 is 2.83 bits per heavy atom. The van der Waals surface area contributed by atoms with Crippen molar-refractivity contribution < 1.29 is 0 Å². The van der Waals surface area contributed by atoms with E-state index in [0.717, 1.165) is 14.6 Å². The number of fused-ring (bicyclic) bond motifs is 1. The Hall–Kier alpha value is 0.0600. The maximum atomic E-state index is 5.81. The normalized spacial score (nSPS) is 10.8. The van der Waals surface area contributed by atoms with Gasteiger partial charge in [-0.3, -0.25) is 0 Å². The van der Waals surface area contributed by atoms with Crippen LogP contribution in [-0.4, -0.2) is 0 Å². The average molecular weight is 307 g/mol. The predicted octanol–water partition coefficient (Wildman–Crippen LogP) is 3.38. The van der Waals surface area contributed by atoms with Crippen molar-refractivity contribution in [2.75, 3.05) is 5.73 Å². The molecule has 12 heavy (non-hydrogen) atoms. The van der Waals surface area contributed by atoms with Gasteiger partial charge in [0.2, 0.25) is 0 Å². The van der Waals surface area contributed by atoms with E-state index in [1.165, 1.54) is 8.96 Å². The summed E-state index contributed by atoms with van der Waals surface area (Å²) in [4.78, 5) is 0. The molecule has 0 aliphatic heterocycles. The number of nitrogen functional groups attached to an aromatic ring is 1. The van der Waals surface area contributed by atoms with Gasteiger partial charge in [-0.15, -0.1) is 24.0 Å². The van der Waals surface area contributed by atoms with E-state index in [9.17, 15) is 0 Å². The Balaban J connectivity index is 2.95. The first-order chi connectivity index (χ1) is 5.70. The number of thiophene rings is 1. The second-order valence-electron chi connectivity index (χ2n) is 2.45. The summed E-state index contributed by atoms with van der Waals surface area (Å²) < 4.78 is 3.39. The number of hydrogen-bond donors (Lipinski definition) is 2. The average Bonchev–Trinajstić information content (AvgIpc) is 2.32. The van der Waals surface area contributed by atoms with Crippen LogP contribution in [0.15, 0.2) is 22.4 Å². The van der Waals surface area contributed by atoms with Crippen LogP contribution in [0.1, 0.15) is 0 Å². The maximum Gasteiger partial charge on any atom is 0.0715 e.